The van der Waals surface area contributed by atoms with Crippen molar-refractivity contribution in [2.75, 3.05) is 19.5 Å². The van der Waals surface area contributed by atoms with Gasteiger partial charge in [0.1, 0.15) is 0 Å². The van der Waals surface area contributed by atoms with Crippen LogP contribution in [-0.4, -0.2) is 42.2 Å². The van der Waals surface area contributed by atoms with E-state index in [1.165, 1.54) is 38.5 Å². The van der Waals surface area contributed by atoms with Crippen molar-refractivity contribution in [1.82, 2.24) is 9.88 Å². The number of amides is 2. The number of hydrogen-bond acceptors (Lipinski definition) is 4. The topological polar surface area (TPSA) is 54.5 Å². The lowest BCUT2D eigenvalue weighted by Crippen LogP contribution is -2.67. The first-order valence-corrected chi connectivity index (χ1v) is 9.54. The van der Waals surface area contributed by atoms with Crippen LogP contribution >= 0.6 is 11.3 Å². The number of ether oxygens (including phenoxy) is 1. The summed E-state index contributed by atoms with van der Waals surface area (Å²) >= 11 is 1.54. The smallest absolute Gasteiger partial charge is 0.323 e. The molecule has 1 aromatic heterocycles. The van der Waals surface area contributed by atoms with Crippen LogP contribution in [0.5, 0.6) is 0 Å². The van der Waals surface area contributed by atoms with E-state index in [1.54, 1.807) is 18.4 Å². The number of carbonyl (C=O) groups excluding carboxylic acids is 1. The number of rotatable bonds is 4. The highest BCUT2D eigenvalue weighted by atomic mass is 32.1. The van der Waals surface area contributed by atoms with Crippen LogP contribution in [0.25, 0.3) is 0 Å². The first kappa shape index (κ1) is 15.4. The van der Waals surface area contributed by atoms with E-state index in [-0.39, 0.29) is 11.4 Å². The van der Waals surface area contributed by atoms with Gasteiger partial charge in [-0.2, -0.15) is 0 Å². The molecule has 0 radical (unpaired) electrons. The highest BCUT2D eigenvalue weighted by Gasteiger charge is 2.60. The number of carbonyl (C=O) groups is 1. The fourth-order valence-corrected chi connectivity index (χ4v) is 5.18. The van der Waals surface area contributed by atoms with Gasteiger partial charge >= 0.3 is 6.03 Å². The lowest BCUT2D eigenvalue weighted by molar-refractivity contribution is -0.181. The van der Waals surface area contributed by atoms with Gasteiger partial charge in [0.2, 0.25) is 0 Å². The molecule has 1 heterocycles. The van der Waals surface area contributed by atoms with E-state index in [1.807, 2.05) is 11.9 Å². The first-order chi connectivity index (χ1) is 11.1. The van der Waals surface area contributed by atoms with Gasteiger partial charge in [-0.05, 0) is 32.1 Å². The summed E-state index contributed by atoms with van der Waals surface area (Å²) in [6, 6.07) is 0.262. The second-order valence-electron chi connectivity index (χ2n) is 7.31. The van der Waals surface area contributed by atoms with Gasteiger partial charge in [0, 0.05) is 36.9 Å². The average molecular weight is 335 g/mol. The van der Waals surface area contributed by atoms with Crippen molar-refractivity contribution in [2.24, 2.45) is 5.41 Å². The highest BCUT2D eigenvalue weighted by molar-refractivity contribution is 7.13. The van der Waals surface area contributed by atoms with E-state index in [0.717, 1.165) is 17.2 Å². The van der Waals surface area contributed by atoms with Crippen LogP contribution in [0.15, 0.2) is 5.38 Å². The molecule has 2 amide bonds. The molecule has 0 aromatic carbocycles. The largest absolute Gasteiger partial charge is 0.381 e. The van der Waals surface area contributed by atoms with Crippen LogP contribution in [0.2, 0.25) is 0 Å². The quantitative estimate of drug-likeness (QED) is 0.910. The van der Waals surface area contributed by atoms with Crippen LogP contribution in [0.1, 0.15) is 56.6 Å². The number of aromatic nitrogens is 1. The van der Waals surface area contributed by atoms with Crippen LogP contribution in [0.4, 0.5) is 9.93 Å². The number of anilines is 1. The molecule has 2 atom stereocenters. The van der Waals surface area contributed by atoms with Crippen molar-refractivity contribution < 1.29 is 9.53 Å². The lowest BCUT2D eigenvalue weighted by atomic mass is 9.50. The molecule has 1 aromatic rings. The SMILES string of the molecule is COC1CC(N(C)C(=O)Nc2nc(C3CCC3)cs2)C12CCC2. The highest BCUT2D eigenvalue weighted by Crippen LogP contribution is 2.58. The molecule has 23 heavy (non-hydrogen) atoms. The molecule has 5 nitrogen and oxygen atoms in total. The molecular formula is C17H25N3O2S. The summed E-state index contributed by atoms with van der Waals surface area (Å²) in [5.74, 6) is 0.613. The average Bonchev–Trinajstić information content (AvgIpc) is 2.82. The Hall–Kier alpha value is -1.14. The second kappa shape index (κ2) is 5.74. The summed E-state index contributed by atoms with van der Waals surface area (Å²) in [5.41, 5.74) is 1.36. The Labute approximate surface area is 141 Å². The van der Waals surface area contributed by atoms with E-state index < -0.39 is 0 Å². The number of nitrogens with one attached hydrogen (secondary N) is 1. The number of methoxy groups -OCH3 is 1. The standard InChI is InChI=1S/C17H25N3O2S/c1-20(13-9-14(22-2)17(13)7-4-8-17)16(21)19-15-18-12(10-23-15)11-5-3-6-11/h10-11,13-14H,3-9H2,1-2H3,(H,18,19,21). The third-order valence-electron chi connectivity index (χ3n) is 6.36. The molecule has 4 rings (SSSR count). The molecule has 2 unspecified atom stereocenters. The molecule has 3 fully saturated rings. The molecule has 0 saturated heterocycles. The summed E-state index contributed by atoms with van der Waals surface area (Å²) in [6.07, 6.45) is 8.65. The summed E-state index contributed by atoms with van der Waals surface area (Å²) < 4.78 is 5.60. The van der Waals surface area contributed by atoms with E-state index in [2.05, 4.69) is 15.7 Å². The van der Waals surface area contributed by atoms with Crippen LogP contribution in [0, 0.1) is 5.41 Å². The van der Waals surface area contributed by atoms with Crippen molar-refractivity contribution in [3.63, 3.8) is 0 Å². The monoisotopic (exact) mass is 335 g/mol. The Balaban J connectivity index is 1.38. The Morgan fingerprint density at radius 3 is 2.78 bits per heavy atom. The van der Waals surface area contributed by atoms with E-state index >= 15 is 0 Å². The summed E-state index contributed by atoms with van der Waals surface area (Å²) in [4.78, 5) is 19.0. The molecular weight excluding hydrogens is 310 g/mol. The van der Waals surface area contributed by atoms with Gasteiger partial charge in [0.05, 0.1) is 11.8 Å². The Kier molecular flexibility index (Phi) is 3.84. The van der Waals surface area contributed by atoms with Crippen molar-refractivity contribution >= 4 is 22.5 Å². The third-order valence-corrected chi connectivity index (χ3v) is 7.13. The zero-order chi connectivity index (χ0) is 16.0. The van der Waals surface area contributed by atoms with Gasteiger partial charge in [0.25, 0.3) is 0 Å². The molecule has 0 aliphatic heterocycles. The van der Waals surface area contributed by atoms with Gasteiger partial charge in [-0.3, -0.25) is 5.32 Å². The number of urea groups is 1. The minimum Gasteiger partial charge on any atom is -0.381 e. The van der Waals surface area contributed by atoms with Gasteiger partial charge in [-0.1, -0.05) is 12.8 Å². The maximum atomic E-state index is 12.6. The van der Waals surface area contributed by atoms with Crippen molar-refractivity contribution in [1.29, 1.82) is 0 Å². The van der Waals surface area contributed by atoms with Gasteiger partial charge < -0.3 is 9.64 Å². The fourth-order valence-electron chi connectivity index (χ4n) is 4.40. The van der Waals surface area contributed by atoms with Gasteiger partial charge in [-0.25, -0.2) is 9.78 Å². The summed E-state index contributed by atoms with van der Waals surface area (Å²) in [6.45, 7) is 0. The van der Waals surface area contributed by atoms with Crippen molar-refractivity contribution in [3.8, 4) is 0 Å². The van der Waals surface area contributed by atoms with E-state index in [4.69, 9.17) is 4.74 Å². The van der Waals surface area contributed by atoms with Gasteiger partial charge in [-0.15, -0.1) is 11.3 Å². The summed E-state index contributed by atoms with van der Waals surface area (Å²) in [7, 11) is 3.70. The first-order valence-electron chi connectivity index (χ1n) is 8.66. The third kappa shape index (κ3) is 2.38. The summed E-state index contributed by atoms with van der Waals surface area (Å²) in [5, 5.41) is 5.81. The molecule has 1 spiro atoms. The molecule has 126 valence electrons. The Morgan fingerprint density at radius 2 is 2.22 bits per heavy atom. The van der Waals surface area contributed by atoms with Crippen LogP contribution in [0.3, 0.4) is 0 Å². The van der Waals surface area contributed by atoms with Crippen LogP contribution in [-0.2, 0) is 4.74 Å². The fraction of sp³-hybridized carbons (Fsp3) is 0.765. The predicted molar refractivity (Wildman–Crippen MR) is 91.0 cm³/mol. The maximum Gasteiger partial charge on any atom is 0.323 e. The molecule has 3 saturated carbocycles. The molecule has 1 N–H and O–H groups in total. The Morgan fingerprint density at radius 1 is 1.43 bits per heavy atom. The van der Waals surface area contributed by atoms with Crippen molar-refractivity contribution in [2.45, 2.75) is 63.0 Å². The Bertz CT molecular complexity index is 594. The van der Waals surface area contributed by atoms with E-state index in [0.29, 0.717) is 18.1 Å². The number of nitrogens with zero attached hydrogens (tertiary/aromatic N) is 2. The lowest BCUT2D eigenvalue weighted by Gasteiger charge is -2.62. The molecule has 6 heteroatoms. The predicted octanol–water partition coefficient (Wildman–Crippen LogP) is 3.83. The van der Waals surface area contributed by atoms with E-state index in [9.17, 15) is 4.79 Å². The number of hydrogen-bond donors (Lipinski definition) is 1. The minimum absolute atomic E-state index is 0.0367. The molecule has 3 aliphatic carbocycles. The zero-order valence-electron chi connectivity index (χ0n) is 13.9. The molecule has 3 aliphatic rings. The second-order valence-corrected chi connectivity index (χ2v) is 8.17. The zero-order valence-corrected chi connectivity index (χ0v) is 14.7. The number of thiazole rings is 1. The molecule has 0 bridgehead atoms. The van der Waals surface area contributed by atoms with Crippen LogP contribution < -0.4 is 5.32 Å². The van der Waals surface area contributed by atoms with Gasteiger partial charge in [0.15, 0.2) is 5.13 Å². The normalized spacial score (nSPS) is 28.6. The van der Waals surface area contributed by atoms with Crippen molar-refractivity contribution in [3.05, 3.63) is 11.1 Å². The maximum absolute atomic E-state index is 12.6. The minimum atomic E-state index is -0.0367.